The lowest BCUT2D eigenvalue weighted by Crippen LogP contribution is -2.50. The fraction of sp³-hybridized carbons (Fsp3) is 0.909. The smallest absolute Gasteiger partial charge is 0.315 e. The predicted octanol–water partition coefficient (Wildman–Crippen LogP) is 1.64. The minimum atomic E-state index is -0.301. The summed E-state index contributed by atoms with van der Waals surface area (Å²) in [6.45, 7) is 6.84. The lowest BCUT2D eigenvalue weighted by molar-refractivity contribution is 0.201. The standard InChI is InChI=1S/C11H24N2O2/c1-4-6-8-12-10(15)13-11(3,5-2)7-9-14/h14H,4-9H2,1-3H3,(H2,12,13,15). The fourth-order valence-electron chi connectivity index (χ4n) is 1.27. The van der Waals surface area contributed by atoms with E-state index in [4.69, 9.17) is 5.11 Å². The summed E-state index contributed by atoms with van der Waals surface area (Å²) in [7, 11) is 0. The van der Waals surface area contributed by atoms with Crippen LogP contribution in [0.5, 0.6) is 0 Å². The average Bonchev–Trinajstić information content (AvgIpc) is 2.18. The Kier molecular flexibility index (Phi) is 7.13. The third-order valence-corrected chi connectivity index (χ3v) is 2.68. The van der Waals surface area contributed by atoms with Crippen LogP contribution in [-0.2, 0) is 0 Å². The van der Waals surface area contributed by atoms with Gasteiger partial charge >= 0.3 is 6.03 Å². The highest BCUT2D eigenvalue weighted by Crippen LogP contribution is 2.13. The second-order valence-electron chi connectivity index (χ2n) is 4.12. The van der Waals surface area contributed by atoms with Crippen molar-refractivity contribution >= 4 is 6.03 Å². The molecule has 4 nitrogen and oxygen atoms in total. The summed E-state index contributed by atoms with van der Waals surface area (Å²) in [5.41, 5.74) is -0.301. The van der Waals surface area contributed by atoms with E-state index in [0.717, 1.165) is 19.3 Å². The Morgan fingerprint density at radius 3 is 2.53 bits per heavy atom. The summed E-state index contributed by atoms with van der Waals surface area (Å²) in [6, 6.07) is -0.138. The van der Waals surface area contributed by atoms with Crippen LogP contribution in [0.4, 0.5) is 4.79 Å². The molecule has 0 aromatic carbocycles. The molecule has 2 amide bonds. The Balaban J connectivity index is 3.90. The van der Waals surface area contributed by atoms with Crippen molar-refractivity contribution in [3.8, 4) is 0 Å². The molecule has 0 fully saturated rings. The molecule has 0 aromatic heterocycles. The first-order valence-electron chi connectivity index (χ1n) is 5.75. The first-order chi connectivity index (χ1) is 7.08. The SMILES string of the molecule is CCCCNC(=O)NC(C)(CC)CCO. The van der Waals surface area contributed by atoms with Crippen LogP contribution in [0.15, 0.2) is 0 Å². The molecule has 0 spiro atoms. The van der Waals surface area contributed by atoms with Crippen LogP contribution in [0.25, 0.3) is 0 Å². The third-order valence-electron chi connectivity index (χ3n) is 2.68. The maximum absolute atomic E-state index is 11.5. The predicted molar refractivity (Wildman–Crippen MR) is 61.8 cm³/mol. The zero-order valence-corrected chi connectivity index (χ0v) is 10.1. The molecule has 0 aliphatic carbocycles. The van der Waals surface area contributed by atoms with E-state index in [1.165, 1.54) is 0 Å². The van der Waals surface area contributed by atoms with Crippen LogP contribution in [0.1, 0.15) is 46.5 Å². The Hall–Kier alpha value is -0.770. The fourth-order valence-corrected chi connectivity index (χ4v) is 1.27. The summed E-state index contributed by atoms with van der Waals surface area (Å²) in [4.78, 5) is 11.5. The van der Waals surface area contributed by atoms with Crippen LogP contribution in [0.2, 0.25) is 0 Å². The monoisotopic (exact) mass is 216 g/mol. The number of urea groups is 1. The molecule has 1 unspecified atom stereocenters. The highest BCUT2D eigenvalue weighted by Gasteiger charge is 2.23. The van der Waals surface area contributed by atoms with Gasteiger partial charge in [0.2, 0.25) is 0 Å². The van der Waals surface area contributed by atoms with Gasteiger partial charge in [0.1, 0.15) is 0 Å². The molecule has 4 heteroatoms. The second-order valence-corrected chi connectivity index (χ2v) is 4.12. The van der Waals surface area contributed by atoms with Crippen molar-refractivity contribution in [1.29, 1.82) is 0 Å². The van der Waals surface area contributed by atoms with Gasteiger partial charge in [0, 0.05) is 18.7 Å². The number of hydrogen-bond donors (Lipinski definition) is 3. The van der Waals surface area contributed by atoms with Crippen LogP contribution in [0, 0.1) is 0 Å². The lowest BCUT2D eigenvalue weighted by atomic mass is 9.95. The number of aliphatic hydroxyl groups is 1. The summed E-state index contributed by atoms with van der Waals surface area (Å²) in [5, 5.41) is 14.6. The molecule has 0 saturated heterocycles. The Labute approximate surface area is 92.4 Å². The largest absolute Gasteiger partial charge is 0.396 e. The molecular weight excluding hydrogens is 192 g/mol. The number of carbonyl (C=O) groups excluding carboxylic acids is 1. The molecule has 0 radical (unpaired) electrons. The van der Waals surface area contributed by atoms with Crippen LogP contribution >= 0.6 is 0 Å². The molecule has 90 valence electrons. The first kappa shape index (κ1) is 14.2. The molecular formula is C11H24N2O2. The topological polar surface area (TPSA) is 61.4 Å². The molecule has 3 N–H and O–H groups in total. The molecule has 0 bridgehead atoms. The van der Waals surface area contributed by atoms with Crippen molar-refractivity contribution in [2.24, 2.45) is 0 Å². The van der Waals surface area contributed by atoms with Gasteiger partial charge < -0.3 is 15.7 Å². The van der Waals surface area contributed by atoms with E-state index < -0.39 is 0 Å². The minimum Gasteiger partial charge on any atom is -0.396 e. The number of hydrogen-bond acceptors (Lipinski definition) is 2. The zero-order valence-electron chi connectivity index (χ0n) is 10.1. The van der Waals surface area contributed by atoms with Crippen molar-refractivity contribution in [2.45, 2.75) is 52.0 Å². The van der Waals surface area contributed by atoms with E-state index in [-0.39, 0.29) is 18.2 Å². The van der Waals surface area contributed by atoms with E-state index in [0.29, 0.717) is 13.0 Å². The normalized spacial score (nSPS) is 14.4. The lowest BCUT2D eigenvalue weighted by Gasteiger charge is -2.28. The Morgan fingerprint density at radius 1 is 1.40 bits per heavy atom. The third kappa shape index (κ3) is 6.33. The van der Waals surface area contributed by atoms with Crippen LogP contribution < -0.4 is 10.6 Å². The van der Waals surface area contributed by atoms with Gasteiger partial charge in [-0.25, -0.2) is 4.79 Å². The highest BCUT2D eigenvalue weighted by atomic mass is 16.3. The molecule has 0 aromatic rings. The first-order valence-corrected chi connectivity index (χ1v) is 5.75. The maximum Gasteiger partial charge on any atom is 0.315 e. The maximum atomic E-state index is 11.5. The van der Waals surface area contributed by atoms with Crippen molar-refractivity contribution in [1.82, 2.24) is 10.6 Å². The van der Waals surface area contributed by atoms with Crippen LogP contribution in [0.3, 0.4) is 0 Å². The van der Waals surface area contributed by atoms with Crippen LogP contribution in [-0.4, -0.2) is 29.8 Å². The van der Waals surface area contributed by atoms with E-state index in [9.17, 15) is 4.79 Å². The van der Waals surface area contributed by atoms with Gasteiger partial charge in [-0.2, -0.15) is 0 Å². The summed E-state index contributed by atoms with van der Waals surface area (Å²) >= 11 is 0. The van der Waals surface area contributed by atoms with Gasteiger partial charge in [-0.15, -0.1) is 0 Å². The van der Waals surface area contributed by atoms with Gasteiger partial charge in [0.25, 0.3) is 0 Å². The number of nitrogens with one attached hydrogen (secondary N) is 2. The van der Waals surface area contributed by atoms with Crippen molar-refractivity contribution in [3.63, 3.8) is 0 Å². The van der Waals surface area contributed by atoms with Crippen molar-refractivity contribution in [2.75, 3.05) is 13.2 Å². The molecule has 0 rings (SSSR count). The van der Waals surface area contributed by atoms with Gasteiger partial charge in [0.05, 0.1) is 0 Å². The van der Waals surface area contributed by atoms with Crippen molar-refractivity contribution in [3.05, 3.63) is 0 Å². The number of carbonyl (C=O) groups is 1. The van der Waals surface area contributed by atoms with E-state index in [1.807, 2.05) is 13.8 Å². The Bertz CT molecular complexity index is 185. The van der Waals surface area contributed by atoms with Gasteiger partial charge in [-0.3, -0.25) is 0 Å². The minimum absolute atomic E-state index is 0.0968. The molecule has 1 atom stereocenters. The molecule has 0 saturated carbocycles. The number of aliphatic hydroxyl groups excluding tert-OH is 1. The second kappa shape index (κ2) is 7.51. The quantitative estimate of drug-likeness (QED) is 0.566. The summed E-state index contributed by atoms with van der Waals surface area (Å²) in [5.74, 6) is 0. The number of unbranched alkanes of at least 4 members (excludes halogenated alkanes) is 1. The summed E-state index contributed by atoms with van der Waals surface area (Å²) < 4.78 is 0. The Morgan fingerprint density at radius 2 is 2.07 bits per heavy atom. The van der Waals surface area contributed by atoms with E-state index in [1.54, 1.807) is 0 Å². The van der Waals surface area contributed by atoms with E-state index >= 15 is 0 Å². The van der Waals surface area contributed by atoms with Crippen molar-refractivity contribution < 1.29 is 9.90 Å². The number of amides is 2. The number of rotatable bonds is 7. The molecule has 0 aliphatic heterocycles. The van der Waals surface area contributed by atoms with Gasteiger partial charge in [-0.1, -0.05) is 20.3 Å². The summed E-state index contributed by atoms with van der Waals surface area (Å²) in [6.07, 6.45) is 3.47. The molecule has 0 heterocycles. The average molecular weight is 216 g/mol. The molecule has 15 heavy (non-hydrogen) atoms. The zero-order chi connectivity index (χ0) is 11.7. The molecule has 0 aliphatic rings. The van der Waals surface area contributed by atoms with E-state index in [2.05, 4.69) is 17.6 Å². The van der Waals surface area contributed by atoms with Gasteiger partial charge in [0.15, 0.2) is 0 Å². The highest BCUT2D eigenvalue weighted by molar-refractivity contribution is 5.74. The van der Waals surface area contributed by atoms with Gasteiger partial charge in [-0.05, 0) is 26.2 Å².